The van der Waals surface area contributed by atoms with Crippen LogP contribution in [0.3, 0.4) is 0 Å². The van der Waals surface area contributed by atoms with Gasteiger partial charge in [0.15, 0.2) is 0 Å². The van der Waals surface area contributed by atoms with Crippen LogP contribution >= 0.6 is 0 Å². The van der Waals surface area contributed by atoms with Crippen molar-refractivity contribution >= 4 is 16.9 Å². The molecular formula is C17H20N4O2. The molecule has 6 heteroatoms. The van der Waals surface area contributed by atoms with Crippen molar-refractivity contribution in [2.24, 2.45) is 0 Å². The molecule has 6 nitrogen and oxygen atoms in total. The lowest BCUT2D eigenvalue weighted by Gasteiger charge is -2.12. The average Bonchev–Trinajstić information content (AvgIpc) is 3.17. The fourth-order valence-corrected chi connectivity index (χ4v) is 2.51. The van der Waals surface area contributed by atoms with Crippen molar-refractivity contribution in [3.8, 4) is 0 Å². The summed E-state index contributed by atoms with van der Waals surface area (Å²) in [7, 11) is 0. The third-order valence-electron chi connectivity index (χ3n) is 4.10. The number of carbonyl (C=O) groups excluding carboxylic acids is 1. The van der Waals surface area contributed by atoms with Crippen LogP contribution in [0.25, 0.3) is 11.0 Å². The number of furan rings is 1. The minimum atomic E-state index is -0.0297. The first kappa shape index (κ1) is 15.3. The van der Waals surface area contributed by atoms with Gasteiger partial charge in [-0.15, -0.1) is 0 Å². The van der Waals surface area contributed by atoms with E-state index in [2.05, 4.69) is 35.3 Å². The molecule has 1 atom stereocenters. The summed E-state index contributed by atoms with van der Waals surface area (Å²) in [5.41, 5.74) is 4.12. The van der Waals surface area contributed by atoms with Crippen LogP contribution < -0.4 is 5.32 Å². The van der Waals surface area contributed by atoms with Gasteiger partial charge in [-0.25, -0.2) is 9.67 Å². The van der Waals surface area contributed by atoms with Crippen molar-refractivity contribution < 1.29 is 9.21 Å². The lowest BCUT2D eigenvalue weighted by atomic mass is 10.0. The Kier molecular flexibility index (Phi) is 4.14. The molecule has 0 aliphatic carbocycles. The predicted molar refractivity (Wildman–Crippen MR) is 87.1 cm³/mol. The Morgan fingerprint density at radius 3 is 2.87 bits per heavy atom. The molecule has 1 amide bonds. The summed E-state index contributed by atoms with van der Waals surface area (Å²) in [5, 5.41) is 8.01. The monoisotopic (exact) mass is 312 g/mol. The number of nitrogens with one attached hydrogen (secondary N) is 1. The lowest BCUT2D eigenvalue weighted by Crippen LogP contribution is -2.30. The highest BCUT2D eigenvalue weighted by molar-refractivity contribution is 5.88. The highest BCUT2D eigenvalue weighted by atomic mass is 16.3. The van der Waals surface area contributed by atoms with E-state index in [1.165, 1.54) is 17.5 Å². The van der Waals surface area contributed by atoms with Gasteiger partial charge >= 0.3 is 0 Å². The standard InChI is InChI=1S/C17H20N4O2/c1-11-4-15-14(8-23-16(15)5-12(11)2)6-17(22)19-7-13(3)21-10-18-9-20-21/h4-5,8-10,13H,6-7H2,1-3H3,(H,19,22). The fraction of sp³-hybridized carbons (Fsp3) is 0.353. The second-order valence-electron chi connectivity index (χ2n) is 5.90. The molecule has 2 aromatic heterocycles. The maximum absolute atomic E-state index is 12.2. The van der Waals surface area contributed by atoms with Crippen LogP contribution in [0.2, 0.25) is 0 Å². The molecule has 1 N–H and O–H groups in total. The van der Waals surface area contributed by atoms with Crippen LogP contribution in [0, 0.1) is 13.8 Å². The molecule has 0 aliphatic rings. The Balaban J connectivity index is 1.65. The number of rotatable bonds is 5. The van der Waals surface area contributed by atoms with Crippen molar-refractivity contribution in [1.82, 2.24) is 20.1 Å². The normalized spacial score (nSPS) is 12.5. The van der Waals surface area contributed by atoms with E-state index in [-0.39, 0.29) is 11.9 Å². The minimum absolute atomic E-state index is 0.0297. The molecule has 3 aromatic rings. The first-order valence-electron chi connectivity index (χ1n) is 7.62. The van der Waals surface area contributed by atoms with E-state index in [9.17, 15) is 4.79 Å². The Morgan fingerprint density at radius 2 is 2.13 bits per heavy atom. The van der Waals surface area contributed by atoms with Gasteiger partial charge in [0.05, 0.1) is 18.7 Å². The third kappa shape index (κ3) is 3.26. The van der Waals surface area contributed by atoms with Gasteiger partial charge in [0.25, 0.3) is 0 Å². The van der Waals surface area contributed by atoms with Gasteiger partial charge < -0.3 is 9.73 Å². The van der Waals surface area contributed by atoms with Gasteiger partial charge in [-0.3, -0.25) is 4.79 Å². The quantitative estimate of drug-likeness (QED) is 0.786. The van der Waals surface area contributed by atoms with Crippen LogP contribution in [0.1, 0.15) is 29.7 Å². The summed E-state index contributed by atoms with van der Waals surface area (Å²) < 4.78 is 7.29. The summed E-state index contributed by atoms with van der Waals surface area (Å²) in [6, 6.07) is 4.15. The molecule has 3 rings (SSSR count). The Bertz CT molecular complexity index is 821. The lowest BCUT2D eigenvalue weighted by molar-refractivity contribution is -0.120. The van der Waals surface area contributed by atoms with Gasteiger partial charge in [0.1, 0.15) is 18.2 Å². The van der Waals surface area contributed by atoms with E-state index in [1.807, 2.05) is 13.0 Å². The molecule has 0 bridgehead atoms. The van der Waals surface area contributed by atoms with E-state index in [1.54, 1.807) is 17.3 Å². The maximum Gasteiger partial charge on any atom is 0.224 e. The summed E-state index contributed by atoms with van der Waals surface area (Å²) >= 11 is 0. The predicted octanol–water partition coefficient (Wildman–Crippen LogP) is 2.56. The van der Waals surface area contributed by atoms with Gasteiger partial charge in [0.2, 0.25) is 5.91 Å². The highest BCUT2D eigenvalue weighted by Crippen LogP contribution is 2.25. The number of benzene rings is 1. The molecule has 120 valence electrons. The van der Waals surface area contributed by atoms with Crippen molar-refractivity contribution in [1.29, 1.82) is 0 Å². The number of aromatic nitrogens is 3. The van der Waals surface area contributed by atoms with Crippen LogP contribution in [-0.4, -0.2) is 27.2 Å². The summed E-state index contributed by atoms with van der Waals surface area (Å²) in [6.07, 6.45) is 5.11. The molecule has 23 heavy (non-hydrogen) atoms. The van der Waals surface area contributed by atoms with E-state index >= 15 is 0 Å². The van der Waals surface area contributed by atoms with Crippen molar-refractivity contribution in [3.63, 3.8) is 0 Å². The molecule has 2 heterocycles. The molecule has 1 aromatic carbocycles. The Morgan fingerprint density at radius 1 is 1.35 bits per heavy atom. The second-order valence-corrected chi connectivity index (χ2v) is 5.90. The second kappa shape index (κ2) is 6.24. The Hall–Kier alpha value is -2.63. The molecule has 0 saturated heterocycles. The average molecular weight is 312 g/mol. The van der Waals surface area contributed by atoms with E-state index in [4.69, 9.17) is 4.42 Å². The number of hydrogen-bond donors (Lipinski definition) is 1. The molecule has 0 saturated carbocycles. The van der Waals surface area contributed by atoms with Gasteiger partial charge in [-0.1, -0.05) is 0 Å². The fourth-order valence-electron chi connectivity index (χ4n) is 2.51. The highest BCUT2D eigenvalue weighted by Gasteiger charge is 2.13. The van der Waals surface area contributed by atoms with E-state index < -0.39 is 0 Å². The molecular weight excluding hydrogens is 292 g/mol. The largest absolute Gasteiger partial charge is 0.464 e. The first-order valence-corrected chi connectivity index (χ1v) is 7.62. The molecule has 0 radical (unpaired) electrons. The van der Waals surface area contributed by atoms with Gasteiger partial charge in [0, 0.05) is 17.5 Å². The Labute approximate surface area is 134 Å². The van der Waals surface area contributed by atoms with Crippen LogP contribution in [-0.2, 0) is 11.2 Å². The smallest absolute Gasteiger partial charge is 0.224 e. The van der Waals surface area contributed by atoms with Gasteiger partial charge in [-0.05, 0) is 44.0 Å². The SMILES string of the molecule is Cc1cc2occ(CC(=O)NCC(C)n3cncn3)c2cc1C. The van der Waals surface area contributed by atoms with Crippen LogP contribution in [0.4, 0.5) is 0 Å². The number of amides is 1. The maximum atomic E-state index is 12.2. The van der Waals surface area contributed by atoms with E-state index in [0.717, 1.165) is 16.5 Å². The van der Waals surface area contributed by atoms with Crippen LogP contribution in [0.5, 0.6) is 0 Å². The zero-order valence-corrected chi connectivity index (χ0v) is 13.5. The number of carbonyl (C=O) groups is 1. The number of hydrogen-bond acceptors (Lipinski definition) is 4. The minimum Gasteiger partial charge on any atom is -0.464 e. The molecule has 1 unspecified atom stereocenters. The van der Waals surface area contributed by atoms with Crippen molar-refractivity contribution in [2.45, 2.75) is 33.2 Å². The molecule has 0 aliphatic heterocycles. The molecule has 0 spiro atoms. The van der Waals surface area contributed by atoms with Crippen LogP contribution in [0.15, 0.2) is 35.5 Å². The van der Waals surface area contributed by atoms with E-state index in [0.29, 0.717) is 13.0 Å². The molecule has 0 fully saturated rings. The number of fused-ring (bicyclic) bond motifs is 1. The topological polar surface area (TPSA) is 73.0 Å². The third-order valence-corrected chi connectivity index (χ3v) is 4.10. The van der Waals surface area contributed by atoms with Crippen molar-refractivity contribution in [2.75, 3.05) is 6.54 Å². The zero-order valence-electron chi connectivity index (χ0n) is 13.5. The van der Waals surface area contributed by atoms with Gasteiger partial charge in [-0.2, -0.15) is 5.10 Å². The summed E-state index contributed by atoms with van der Waals surface area (Å²) in [6.45, 7) is 6.60. The summed E-state index contributed by atoms with van der Waals surface area (Å²) in [5.74, 6) is -0.0297. The number of nitrogens with zero attached hydrogens (tertiary/aromatic N) is 3. The van der Waals surface area contributed by atoms with Crippen molar-refractivity contribution in [3.05, 3.63) is 47.7 Å². The first-order chi connectivity index (χ1) is 11.0. The summed E-state index contributed by atoms with van der Waals surface area (Å²) in [4.78, 5) is 16.1. The number of aryl methyl sites for hydroxylation is 2. The zero-order chi connectivity index (χ0) is 16.4.